The third-order valence-electron chi connectivity index (χ3n) is 2.92. The number of amides is 1. The van der Waals surface area contributed by atoms with Crippen LogP contribution in [0.5, 0.6) is 0 Å². The molecule has 0 atom stereocenters. The molecule has 21 heavy (non-hydrogen) atoms. The molecule has 0 N–H and O–H groups in total. The van der Waals surface area contributed by atoms with E-state index < -0.39 is 0 Å². The Kier molecular flexibility index (Phi) is 5.38. The maximum Gasteiger partial charge on any atom is 0.259 e. The van der Waals surface area contributed by atoms with Gasteiger partial charge in [-0.05, 0) is 30.3 Å². The van der Waals surface area contributed by atoms with Crippen LogP contribution in [-0.4, -0.2) is 12.5 Å². The lowest BCUT2D eigenvalue weighted by molar-refractivity contribution is 0.0987. The Bertz CT molecular complexity index is 682. The molecule has 106 valence electrons. The molecule has 0 saturated heterocycles. The van der Waals surface area contributed by atoms with Gasteiger partial charge in [0, 0.05) is 16.7 Å². The zero-order valence-corrected chi connectivity index (χ0v) is 13.4. The second-order valence-electron chi connectivity index (χ2n) is 4.32. The fourth-order valence-corrected chi connectivity index (χ4v) is 2.48. The summed E-state index contributed by atoms with van der Waals surface area (Å²) in [5.74, 6) is -0.220. The molecule has 0 aliphatic carbocycles. The predicted molar refractivity (Wildman–Crippen MR) is 87.5 cm³/mol. The van der Waals surface area contributed by atoms with Gasteiger partial charge in [-0.1, -0.05) is 45.7 Å². The minimum absolute atomic E-state index is 0.220. The third-order valence-corrected chi connectivity index (χ3v) is 3.74. The summed E-state index contributed by atoms with van der Waals surface area (Å²) in [6, 6.07) is 16.5. The van der Waals surface area contributed by atoms with E-state index in [-0.39, 0.29) is 12.3 Å². The Morgan fingerprint density at radius 1 is 1.24 bits per heavy atom. The summed E-state index contributed by atoms with van der Waals surface area (Å²) in [5, 5.41) is 9.18. The van der Waals surface area contributed by atoms with E-state index in [9.17, 15) is 4.79 Å². The molecule has 0 bridgehead atoms. The summed E-state index contributed by atoms with van der Waals surface area (Å²) < 4.78 is 0.781. The standard InChI is InChI=1S/C16H12BrClN2O/c17-12-7-8-15(18)14(11-12)16(21)20(10-4-9-19)13-5-2-1-3-6-13/h1-3,5-8,11H,4,10H2. The van der Waals surface area contributed by atoms with Gasteiger partial charge in [0.2, 0.25) is 0 Å². The van der Waals surface area contributed by atoms with Crippen molar-refractivity contribution in [3.63, 3.8) is 0 Å². The van der Waals surface area contributed by atoms with Gasteiger partial charge in [-0.15, -0.1) is 0 Å². The highest BCUT2D eigenvalue weighted by Gasteiger charge is 2.20. The van der Waals surface area contributed by atoms with Crippen molar-refractivity contribution >= 4 is 39.1 Å². The SMILES string of the molecule is N#CCCN(C(=O)c1cc(Br)ccc1Cl)c1ccccc1. The van der Waals surface area contributed by atoms with Gasteiger partial charge in [0.1, 0.15) is 0 Å². The van der Waals surface area contributed by atoms with E-state index in [0.29, 0.717) is 17.1 Å². The number of halogens is 2. The number of carbonyl (C=O) groups excluding carboxylic acids is 1. The number of benzene rings is 2. The molecule has 0 aliphatic rings. The van der Waals surface area contributed by atoms with Crippen molar-refractivity contribution < 1.29 is 4.79 Å². The number of hydrogen-bond acceptors (Lipinski definition) is 2. The first-order chi connectivity index (χ1) is 10.1. The lowest BCUT2D eigenvalue weighted by Crippen LogP contribution is -2.32. The van der Waals surface area contributed by atoms with Crippen LogP contribution in [0.2, 0.25) is 5.02 Å². The van der Waals surface area contributed by atoms with Gasteiger partial charge in [-0.2, -0.15) is 5.26 Å². The van der Waals surface area contributed by atoms with Crippen LogP contribution in [0, 0.1) is 11.3 Å². The smallest absolute Gasteiger partial charge is 0.259 e. The quantitative estimate of drug-likeness (QED) is 0.792. The maximum atomic E-state index is 12.7. The molecule has 0 radical (unpaired) electrons. The monoisotopic (exact) mass is 362 g/mol. The van der Waals surface area contributed by atoms with Gasteiger partial charge in [0.15, 0.2) is 0 Å². The number of hydrogen-bond donors (Lipinski definition) is 0. The van der Waals surface area contributed by atoms with Gasteiger partial charge in [0.05, 0.1) is 23.1 Å². The lowest BCUT2D eigenvalue weighted by Gasteiger charge is -2.22. The molecule has 1 amide bonds. The van der Waals surface area contributed by atoms with Gasteiger partial charge >= 0.3 is 0 Å². The van der Waals surface area contributed by atoms with Crippen LogP contribution < -0.4 is 4.90 Å². The molecule has 0 heterocycles. The van der Waals surface area contributed by atoms with Crippen LogP contribution >= 0.6 is 27.5 Å². The average Bonchev–Trinajstić information content (AvgIpc) is 2.51. The van der Waals surface area contributed by atoms with Gasteiger partial charge in [-0.25, -0.2) is 0 Å². The summed E-state index contributed by atoms with van der Waals surface area (Å²) in [7, 11) is 0. The minimum atomic E-state index is -0.220. The van der Waals surface area contributed by atoms with E-state index in [0.717, 1.165) is 10.2 Å². The van der Waals surface area contributed by atoms with Gasteiger partial charge in [-0.3, -0.25) is 4.79 Å². The zero-order valence-electron chi connectivity index (χ0n) is 11.1. The highest BCUT2D eigenvalue weighted by molar-refractivity contribution is 9.10. The highest BCUT2D eigenvalue weighted by Crippen LogP contribution is 2.25. The fourth-order valence-electron chi connectivity index (χ4n) is 1.92. The minimum Gasteiger partial charge on any atom is -0.307 e. The molecule has 2 rings (SSSR count). The van der Waals surface area contributed by atoms with Crippen LogP contribution in [0.4, 0.5) is 5.69 Å². The summed E-state index contributed by atoms with van der Waals surface area (Å²) in [6.45, 7) is 0.322. The van der Waals surface area contributed by atoms with Crippen molar-refractivity contribution in [1.29, 1.82) is 5.26 Å². The Morgan fingerprint density at radius 3 is 2.62 bits per heavy atom. The number of carbonyl (C=O) groups is 1. The van der Waals surface area contributed by atoms with E-state index >= 15 is 0 Å². The average molecular weight is 364 g/mol. The van der Waals surface area contributed by atoms with Crippen molar-refractivity contribution in [3.8, 4) is 6.07 Å². The number of anilines is 1. The number of nitrogens with zero attached hydrogens (tertiary/aromatic N) is 2. The fraction of sp³-hybridized carbons (Fsp3) is 0.125. The molecule has 0 unspecified atom stereocenters. The first-order valence-electron chi connectivity index (χ1n) is 6.32. The second-order valence-corrected chi connectivity index (χ2v) is 5.65. The first-order valence-corrected chi connectivity index (χ1v) is 7.49. The Morgan fingerprint density at radius 2 is 1.95 bits per heavy atom. The summed E-state index contributed by atoms with van der Waals surface area (Å²) >= 11 is 9.46. The Labute approximate surface area is 136 Å². The van der Waals surface area contributed by atoms with Crippen molar-refractivity contribution in [2.45, 2.75) is 6.42 Å². The molecular formula is C16H12BrClN2O. The van der Waals surface area contributed by atoms with Crippen LogP contribution in [0.25, 0.3) is 0 Å². The molecule has 0 aromatic heterocycles. The largest absolute Gasteiger partial charge is 0.307 e. The normalized spacial score (nSPS) is 9.95. The van der Waals surface area contributed by atoms with E-state index in [4.69, 9.17) is 16.9 Å². The van der Waals surface area contributed by atoms with Gasteiger partial charge < -0.3 is 4.90 Å². The Balaban J connectivity index is 2.39. The van der Waals surface area contributed by atoms with Crippen LogP contribution in [-0.2, 0) is 0 Å². The molecule has 2 aromatic rings. The molecular weight excluding hydrogens is 352 g/mol. The van der Waals surface area contributed by atoms with E-state index in [2.05, 4.69) is 22.0 Å². The molecule has 2 aromatic carbocycles. The lowest BCUT2D eigenvalue weighted by atomic mass is 10.1. The van der Waals surface area contributed by atoms with Crippen LogP contribution in [0.1, 0.15) is 16.8 Å². The van der Waals surface area contributed by atoms with Crippen molar-refractivity contribution in [2.75, 3.05) is 11.4 Å². The van der Waals surface area contributed by atoms with Crippen molar-refractivity contribution in [1.82, 2.24) is 0 Å². The first kappa shape index (κ1) is 15.6. The third kappa shape index (κ3) is 3.84. The summed E-state index contributed by atoms with van der Waals surface area (Å²) in [5.41, 5.74) is 1.15. The summed E-state index contributed by atoms with van der Waals surface area (Å²) in [4.78, 5) is 14.3. The topological polar surface area (TPSA) is 44.1 Å². The predicted octanol–water partition coefficient (Wildman–Crippen LogP) is 4.66. The maximum absolute atomic E-state index is 12.7. The molecule has 0 saturated carbocycles. The zero-order chi connectivity index (χ0) is 15.2. The van der Waals surface area contributed by atoms with Gasteiger partial charge in [0.25, 0.3) is 5.91 Å². The van der Waals surface area contributed by atoms with E-state index in [1.54, 1.807) is 23.1 Å². The number of rotatable bonds is 4. The number of para-hydroxylation sites is 1. The molecule has 0 aliphatic heterocycles. The molecule has 5 heteroatoms. The van der Waals surface area contributed by atoms with E-state index in [1.165, 1.54) is 0 Å². The van der Waals surface area contributed by atoms with Crippen LogP contribution in [0.3, 0.4) is 0 Å². The second kappa shape index (κ2) is 7.26. The van der Waals surface area contributed by atoms with Crippen molar-refractivity contribution in [2.24, 2.45) is 0 Å². The molecule has 3 nitrogen and oxygen atoms in total. The van der Waals surface area contributed by atoms with Crippen LogP contribution in [0.15, 0.2) is 53.0 Å². The number of nitriles is 1. The van der Waals surface area contributed by atoms with Crippen molar-refractivity contribution in [3.05, 3.63) is 63.6 Å². The highest BCUT2D eigenvalue weighted by atomic mass is 79.9. The van der Waals surface area contributed by atoms with E-state index in [1.807, 2.05) is 30.3 Å². The summed E-state index contributed by atoms with van der Waals surface area (Å²) in [6.07, 6.45) is 0.256. The molecule has 0 fully saturated rings. The molecule has 0 spiro atoms. The Hall–Kier alpha value is -1.83.